The molecule has 6 aromatic rings. The van der Waals surface area contributed by atoms with Gasteiger partial charge < -0.3 is 30.2 Å². The lowest BCUT2D eigenvalue weighted by Gasteiger charge is -2.61. The van der Waals surface area contributed by atoms with Gasteiger partial charge in [0, 0.05) is 47.7 Å². The number of anilines is 4. The molecule has 2 atom stereocenters. The number of hydrogen-bond donors (Lipinski definition) is 2. The summed E-state index contributed by atoms with van der Waals surface area (Å²) in [5, 5.41) is 50.3. The Morgan fingerprint density at radius 3 is 1.52 bits per heavy atom. The Bertz CT molecular complexity index is 2120. The number of para-hydroxylation sites is 2. The van der Waals surface area contributed by atoms with Crippen LogP contribution in [0.25, 0.3) is 22.3 Å². The third-order valence-corrected chi connectivity index (χ3v) is 11.1. The van der Waals surface area contributed by atoms with E-state index in [0.29, 0.717) is 11.1 Å². The normalized spacial score (nSPS) is 19.3. The van der Waals surface area contributed by atoms with Gasteiger partial charge in [0.1, 0.15) is 11.5 Å². The summed E-state index contributed by atoms with van der Waals surface area (Å²) in [4.78, 5) is 4.36. The molecule has 1 fully saturated rings. The van der Waals surface area contributed by atoms with E-state index in [0.717, 1.165) is 70.9 Å². The molecule has 52 heavy (non-hydrogen) atoms. The van der Waals surface area contributed by atoms with Crippen molar-refractivity contribution in [3.8, 4) is 33.8 Å². The first kappa shape index (κ1) is 33.6. The van der Waals surface area contributed by atoms with Gasteiger partial charge in [0.25, 0.3) is 0 Å². The molecule has 6 aromatic carbocycles. The van der Waals surface area contributed by atoms with Crippen LogP contribution in [0.5, 0.6) is 11.5 Å². The van der Waals surface area contributed by atoms with Crippen LogP contribution in [-0.2, 0) is 12.8 Å². The molecule has 8 rings (SSSR count). The number of aromatic hydroxyl groups is 2. The second-order valence-corrected chi connectivity index (χ2v) is 13.8. The lowest BCUT2D eigenvalue weighted by atomic mass is 9.63. The van der Waals surface area contributed by atoms with Gasteiger partial charge in [0.05, 0.1) is 11.4 Å². The molecule has 0 spiro atoms. The van der Waals surface area contributed by atoms with Gasteiger partial charge in [-0.2, -0.15) is 0 Å². The van der Waals surface area contributed by atoms with Gasteiger partial charge in [-0.05, 0) is 84.0 Å². The minimum absolute atomic E-state index is 0.0314. The molecule has 1 aliphatic carbocycles. The highest BCUT2D eigenvalue weighted by molar-refractivity contribution is 5.97. The predicted octanol–water partition coefficient (Wildman–Crippen LogP) is 8.19. The maximum Gasteiger partial charge on any atom is 0.121 e. The number of aryl methyl sites for hydroxylation is 2. The molecule has 2 aliphatic rings. The van der Waals surface area contributed by atoms with E-state index >= 15 is 0 Å². The Morgan fingerprint density at radius 2 is 1.06 bits per heavy atom. The van der Waals surface area contributed by atoms with Crippen LogP contribution in [-0.4, -0.2) is 35.5 Å². The molecule has 2 N–H and O–H groups in total. The third kappa shape index (κ3) is 5.69. The van der Waals surface area contributed by atoms with Gasteiger partial charge in [0.2, 0.25) is 0 Å². The highest BCUT2D eigenvalue weighted by atomic mass is 16.3. The molecule has 0 saturated heterocycles. The van der Waals surface area contributed by atoms with Crippen molar-refractivity contribution in [1.29, 1.82) is 0 Å². The number of fused-ring (bicyclic) bond motifs is 2. The van der Waals surface area contributed by atoms with E-state index in [4.69, 9.17) is 0 Å². The quantitative estimate of drug-likeness (QED) is 0.168. The van der Waals surface area contributed by atoms with Crippen LogP contribution >= 0.6 is 0 Å². The summed E-state index contributed by atoms with van der Waals surface area (Å²) in [7, 11) is 0. The smallest absolute Gasteiger partial charge is 0.121 e. The molecule has 262 valence electrons. The minimum atomic E-state index is -1.31. The monoisotopic (exact) mass is 686 g/mol. The van der Waals surface area contributed by atoms with Crippen molar-refractivity contribution < 1.29 is 20.4 Å². The summed E-state index contributed by atoms with van der Waals surface area (Å²) in [5.41, 5.74) is 11.1. The first-order valence-electron chi connectivity index (χ1n) is 18.3. The average molecular weight is 687 g/mol. The number of phenols is 2. The minimum Gasteiger partial charge on any atom is -0.851 e. The molecule has 0 bridgehead atoms. The van der Waals surface area contributed by atoms with E-state index < -0.39 is 24.0 Å². The van der Waals surface area contributed by atoms with Crippen molar-refractivity contribution >= 4 is 22.7 Å². The Hall–Kier alpha value is -5.56. The van der Waals surface area contributed by atoms with Crippen molar-refractivity contribution in [1.82, 2.24) is 0 Å². The third-order valence-electron chi connectivity index (χ3n) is 11.1. The molecule has 0 amide bonds. The topological polar surface area (TPSA) is 93.1 Å². The Kier molecular flexibility index (Phi) is 8.96. The fourth-order valence-electron chi connectivity index (χ4n) is 8.39. The lowest BCUT2D eigenvalue weighted by Crippen LogP contribution is -2.63. The van der Waals surface area contributed by atoms with Gasteiger partial charge in [-0.1, -0.05) is 109 Å². The van der Waals surface area contributed by atoms with Crippen LogP contribution in [0.15, 0.2) is 133 Å². The molecule has 1 aliphatic heterocycles. The van der Waals surface area contributed by atoms with Crippen molar-refractivity contribution in [3.63, 3.8) is 0 Å². The lowest BCUT2D eigenvalue weighted by molar-refractivity contribution is -0.536. The van der Waals surface area contributed by atoms with Crippen molar-refractivity contribution in [3.05, 3.63) is 156 Å². The van der Waals surface area contributed by atoms with Crippen LogP contribution in [0.3, 0.4) is 0 Å². The largest absolute Gasteiger partial charge is 0.851 e. The fourth-order valence-corrected chi connectivity index (χ4v) is 8.39. The summed E-state index contributed by atoms with van der Waals surface area (Å²) in [6, 6.07) is 44.2. The average Bonchev–Trinajstić information content (AvgIpc) is 3.35. The number of nitrogens with zero attached hydrogens (tertiary/aromatic N) is 2. The van der Waals surface area contributed by atoms with Crippen LogP contribution in [0, 0.1) is 0 Å². The van der Waals surface area contributed by atoms with Gasteiger partial charge in [-0.15, -0.1) is 12.2 Å². The number of hydrogen-bond acceptors (Lipinski definition) is 6. The predicted molar refractivity (Wildman–Crippen MR) is 206 cm³/mol. The summed E-state index contributed by atoms with van der Waals surface area (Å²) < 4.78 is 0. The summed E-state index contributed by atoms with van der Waals surface area (Å²) >= 11 is 0. The zero-order chi connectivity index (χ0) is 35.9. The molecule has 0 radical (unpaired) electrons. The summed E-state index contributed by atoms with van der Waals surface area (Å²) in [6.07, 6.45) is -0.940. The zero-order valence-electron chi connectivity index (χ0n) is 29.4. The van der Waals surface area contributed by atoms with E-state index in [1.165, 1.54) is 11.1 Å². The van der Waals surface area contributed by atoms with E-state index in [1.54, 1.807) is 24.3 Å². The molecule has 1 saturated carbocycles. The second kappa shape index (κ2) is 13.9. The van der Waals surface area contributed by atoms with E-state index in [-0.39, 0.29) is 11.5 Å². The number of phenolic OH excluding ortho intramolecular Hbond substituents is 2. The molecular formula is C46H42N2O4-2. The molecule has 0 aromatic heterocycles. The Balaban J connectivity index is 1.22. The first-order chi connectivity index (χ1) is 25.4. The summed E-state index contributed by atoms with van der Waals surface area (Å²) in [6.45, 7) is 5.64. The highest BCUT2D eigenvalue weighted by Gasteiger charge is 2.41. The van der Waals surface area contributed by atoms with Crippen LogP contribution in [0.1, 0.15) is 47.9 Å². The molecule has 6 heteroatoms. The SMILES string of the molecule is CCN(CC)c1ccc(C2C([O-])C(c3ccc(N4c5c(cccc5-c5ccccc5)CCc5cccc(-c6ccccc6)c54)cc3O)C2[O-])c(O)c1. The van der Waals surface area contributed by atoms with Gasteiger partial charge >= 0.3 is 0 Å². The van der Waals surface area contributed by atoms with Crippen LogP contribution in [0.2, 0.25) is 0 Å². The maximum atomic E-state index is 13.8. The second-order valence-electron chi connectivity index (χ2n) is 13.8. The number of benzene rings is 6. The van der Waals surface area contributed by atoms with Crippen LogP contribution in [0.4, 0.5) is 22.7 Å². The van der Waals surface area contributed by atoms with Crippen LogP contribution < -0.4 is 20.0 Å². The highest BCUT2D eigenvalue weighted by Crippen LogP contribution is 2.53. The van der Waals surface area contributed by atoms with E-state index in [2.05, 4.69) is 70.5 Å². The Labute approximate surface area is 305 Å². The van der Waals surface area contributed by atoms with Crippen molar-refractivity contribution in [2.75, 3.05) is 22.9 Å². The zero-order valence-corrected chi connectivity index (χ0v) is 29.4. The maximum absolute atomic E-state index is 13.8. The number of rotatable bonds is 8. The van der Waals surface area contributed by atoms with Gasteiger partial charge in [-0.3, -0.25) is 0 Å². The van der Waals surface area contributed by atoms with Gasteiger partial charge in [-0.25, -0.2) is 0 Å². The molecule has 2 unspecified atom stereocenters. The summed E-state index contributed by atoms with van der Waals surface area (Å²) in [5.74, 6) is -1.95. The van der Waals surface area contributed by atoms with Crippen molar-refractivity contribution in [2.24, 2.45) is 0 Å². The Morgan fingerprint density at radius 1 is 0.577 bits per heavy atom. The molecular weight excluding hydrogens is 645 g/mol. The molecule has 6 nitrogen and oxygen atoms in total. The first-order valence-corrected chi connectivity index (χ1v) is 18.3. The van der Waals surface area contributed by atoms with Crippen molar-refractivity contribution in [2.45, 2.75) is 50.7 Å². The van der Waals surface area contributed by atoms with Gasteiger partial charge in [0.15, 0.2) is 0 Å². The fraction of sp³-hybridized carbons (Fsp3) is 0.217. The molecule has 1 heterocycles. The standard InChI is InChI=1S/C46H42N2O4/c1-3-47(4-2)33-23-25-37(39(49)27-33)41-45(51)42(46(41)52)38-26-24-34(28-40(38)50)48-43-31(17-11-19-35(43)29-13-7-5-8-14-29)21-22-32-18-12-20-36(44(32)48)30-15-9-6-10-16-30/h5-20,23-28,41-42,45-46,49-50H,3-4,21-22H2,1-2H3/q-2. The van der Waals surface area contributed by atoms with E-state index in [9.17, 15) is 20.4 Å². The van der Waals surface area contributed by atoms with E-state index in [1.807, 2.05) is 62.4 Å².